The fourth-order valence-electron chi connectivity index (χ4n) is 1.03. The second-order valence-electron chi connectivity index (χ2n) is 2.65. The quantitative estimate of drug-likeness (QED) is 0.730. The summed E-state index contributed by atoms with van der Waals surface area (Å²) in [6.07, 6.45) is 0. The van der Waals surface area contributed by atoms with E-state index in [1.807, 2.05) is 0 Å². The fraction of sp³-hybridized carbons (Fsp3) is 0.400. The van der Waals surface area contributed by atoms with Crippen molar-refractivity contribution in [1.29, 1.82) is 0 Å². The van der Waals surface area contributed by atoms with Crippen LogP contribution in [0.15, 0.2) is 15.3 Å². The number of nitrogens with one attached hydrogen (secondary N) is 1. The normalized spacial score (nSPS) is 8.81. The Bertz CT molecular complexity index is 412. The van der Waals surface area contributed by atoms with E-state index in [2.05, 4.69) is 11.1 Å². The average Bonchev–Trinajstić information content (AvgIpc) is 2.30. The number of carbonyl (C=O) groups is 1. The van der Waals surface area contributed by atoms with Crippen molar-refractivity contribution in [2.45, 2.75) is 6.92 Å². The lowest BCUT2D eigenvalue weighted by atomic mass is 10.2. The number of rotatable bonds is 3. The Hall–Kier alpha value is -1.82. The Morgan fingerprint density at radius 3 is 2.44 bits per heavy atom. The first kappa shape index (κ1) is 14.2. The van der Waals surface area contributed by atoms with Crippen molar-refractivity contribution < 1.29 is 13.9 Å². The third-order valence-corrected chi connectivity index (χ3v) is 1.73. The molecule has 0 saturated heterocycles. The minimum absolute atomic E-state index is 0.0140. The number of methoxy groups -OCH3 is 1. The molecule has 0 radical (unpaired) electrons. The van der Waals surface area contributed by atoms with E-state index in [1.165, 1.54) is 27.1 Å². The zero-order valence-corrected chi connectivity index (χ0v) is 9.79. The summed E-state index contributed by atoms with van der Waals surface area (Å²) < 4.78 is 9.55. The molecule has 0 saturated carbocycles. The van der Waals surface area contributed by atoms with E-state index in [4.69, 9.17) is 9.15 Å². The highest BCUT2D eigenvalue weighted by Crippen LogP contribution is 2.20. The highest BCUT2D eigenvalue weighted by molar-refractivity contribution is 5.92. The molecule has 6 heteroatoms. The van der Waals surface area contributed by atoms with Crippen molar-refractivity contribution in [3.63, 3.8) is 0 Å². The number of anilines is 1. The maximum atomic E-state index is 11.3. The van der Waals surface area contributed by atoms with E-state index in [9.17, 15) is 9.59 Å². The van der Waals surface area contributed by atoms with Gasteiger partial charge in [0.25, 0.3) is 0 Å². The smallest absolute Gasteiger partial charge is 0.381 e. The summed E-state index contributed by atoms with van der Waals surface area (Å²) in [5, 5.41) is 2.75. The minimum Gasteiger partial charge on any atom is -0.488 e. The van der Waals surface area contributed by atoms with Crippen molar-refractivity contribution in [3.05, 3.63) is 22.2 Å². The summed E-state index contributed by atoms with van der Waals surface area (Å²) >= 11 is 0. The van der Waals surface area contributed by atoms with Gasteiger partial charge in [-0.15, -0.1) is 0 Å². The van der Waals surface area contributed by atoms with Gasteiger partial charge >= 0.3 is 5.63 Å². The predicted octanol–water partition coefficient (Wildman–Crippen LogP) is 0.468. The molecule has 6 nitrogen and oxygen atoms in total. The fourth-order valence-corrected chi connectivity index (χ4v) is 1.03. The molecule has 3 N–H and O–H groups in total. The van der Waals surface area contributed by atoms with Crippen LogP contribution in [-0.2, 0) is 0 Å². The number of ketones is 1. The summed E-state index contributed by atoms with van der Waals surface area (Å²) in [5.41, 5.74) is 4.28. The molecule has 0 aromatic carbocycles. The molecule has 0 spiro atoms. The van der Waals surface area contributed by atoms with E-state index in [-0.39, 0.29) is 17.3 Å². The number of ether oxygens (including phenoxy) is 1. The Labute approximate surface area is 93.4 Å². The molecule has 0 unspecified atom stereocenters. The molecule has 0 atom stereocenters. The lowest BCUT2D eigenvalue weighted by Gasteiger charge is -2.06. The zero-order chi connectivity index (χ0) is 12.7. The Morgan fingerprint density at radius 1 is 1.50 bits per heavy atom. The van der Waals surface area contributed by atoms with Gasteiger partial charge in [-0.1, -0.05) is 0 Å². The van der Waals surface area contributed by atoms with Gasteiger partial charge in [-0.3, -0.25) is 4.79 Å². The van der Waals surface area contributed by atoms with E-state index < -0.39 is 5.63 Å². The molecule has 1 rings (SSSR count). The Kier molecular flexibility index (Phi) is 5.87. The number of hydrogen-bond donors (Lipinski definition) is 2. The molecule has 0 bridgehead atoms. The number of hydrogen-bond acceptors (Lipinski definition) is 6. The standard InChI is InChI=1S/C9H11NO4.CH5N/c1-5(11)7-4-6(10-2)8(13-3)9(12)14-7;1-2/h4,10H,1-3H3;2H2,1H3. The Morgan fingerprint density at radius 2 is 2.06 bits per heavy atom. The lowest BCUT2D eigenvalue weighted by molar-refractivity contribution is 0.0982. The van der Waals surface area contributed by atoms with Crippen LogP contribution in [0.4, 0.5) is 5.69 Å². The molecule has 0 amide bonds. The second-order valence-corrected chi connectivity index (χ2v) is 2.65. The third-order valence-electron chi connectivity index (χ3n) is 1.73. The second kappa shape index (κ2) is 6.62. The van der Waals surface area contributed by atoms with Crippen LogP contribution < -0.4 is 21.4 Å². The van der Waals surface area contributed by atoms with Crippen molar-refractivity contribution >= 4 is 11.5 Å². The minimum atomic E-state index is -0.662. The zero-order valence-electron chi connectivity index (χ0n) is 9.79. The molecule has 16 heavy (non-hydrogen) atoms. The van der Waals surface area contributed by atoms with Crippen molar-refractivity contribution in [1.82, 2.24) is 0 Å². The molecule has 90 valence electrons. The molecular weight excluding hydrogens is 212 g/mol. The van der Waals surface area contributed by atoms with Crippen LogP contribution >= 0.6 is 0 Å². The van der Waals surface area contributed by atoms with E-state index in [1.54, 1.807) is 7.05 Å². The molecule has 0 aliphatic carbocycles. The van der Waals surface area contributed by atoms with Crippen LogP contribution in [0.25, 0.3) is 0 Å². The first-order valence-corrected chi connectivity index (χ1v) is 4.58. The molecule has 1 heterocycles. The molecule has 1 aromatic heterocycles. The van der Waals surface area contributed by atoms with Gasteiger partial charge in [0.05, 0.1) is 12.8 Å². The van der Waals surface area contributed by atoms with Gasteiger partial charge in [0.1, 0.15) is 0 Å². The Balaban J connectivity index is 0.00000106. The summed E-state index contributed by atoms with van der Waals surface area (Å²) in [6, 6.07) is 1.43. The maximum Gasteiger partial charge on any atom is 0.381 e. The molecule has 1 aromatic rings. The average molecular weight is 228 g/mol. The van der Waals surface area contributed by atoms with Gasteiger partial charge in [0, 0.05) is 20.0 Å². The highest BCUT2D eigenvalue weighted by atomic mass is 16.5. The van der Waals surface area contributed by atoms with Crippen molar-refractivity contribution in [2.24, 2.45) is 5.73 Å². The SMILES string of the molecule is CN.CNc1cc(C(C)=O)oc(=O)c1OC. The first-order chi connectivity index (χ1) is 7.60. The van der Waals surface area contributed by atoms with Gasteiger partial charge in [-0.05, 0) is 7.05 Å². The monoisotopic (exact) mass is 228 g/mol. The first-order valence-electron chi connectivity index (χ1n) is 4.58. The van der Waals surface area contributed by atoms with E-state index in [0.717, 1.165) is 0 Å². The van der Waals surface area contributed by atoms with Crippen LogP contribution in [0.5, 0.6) is 5.75 Å². The summed E-state index contributed by atoms with van der Waals surface area (Å²) in [7, 11) is 4.49. The van der Waals surface area contributed by atoms with Crippen LogP contribution in [0.3, 0.4) is 0 Å². The summed E-state index contributed by atoms with van der Waals surface area (Å²) in [6.45, 7) is 1.32. The van der Waals surface area contributed by atoms with Gasteiger partial charge in [-0.25, -0.2) is 4.79 Å². The van der Waals surface area contributed by atoms with E-state index in [0.29, 0.717) is 5.69 Å². The topological polar surface area (TPSA) is 94.6 Å². The third kappa shape index (κ3) is 3.09. The van der Waals surface area contributed by atoms with Gasteiger partial charge in [-0.2, -0.15) is 0 Å². The van der Waals surface area contributed by atoms with Crippen LogP contribution in [0.1, 0.15) is 17.5 Å². The molecule has 0 aliphatic heterocycles. The maximum absolute atomic E-state index is 11.3. The number of carbonyl (C=O) groups excluding carboxylic acids is 1. The largest absolute Gasteiger partial charge is 0.488 e. The van der Waals surface area contributed by atoms with Gasteiger partial charge in [0.15, 0.2) is 11.5 Å². The molecule has 0 fully saturated rings. The van der Waals surface area contributed by atoms with Crippen molar-refractivity contribution in [2.75, 3.05) is 26.5 Å². The van der Waals surface area contributed by atoms with Gasteiger partial charge < -0.3 is 20.2 Å². The molecular formula is C10H16N2O4. The predicted molar refractivity (Wildman–Crippen MR) is 61.2 cm³/mol. The number of nitrogens with two attached hydrogens (primary N) is 1. The van der Waals surface area contributed by atoms with Gasteiger partial charge in [0.2, 0.25) is 5.75 Å². The highest BCUT2D eigenvalue weighted by Gasteiger charge is 2.13. The van der Waals surface area contributed by atoms with Crippen molar-refractivity contribution in [3.8, 4) is 5.75 Å². The summed E-state index contributed by atoms with van der Waals surface area (Å²) in [4.78, 5) is 22.2. The molecule has 0 aliphatic rings. The van der Waals surface area contributed by atoms with Crippen LogP contribution in [0, 0.1) is 0 Å². The van der Waals surface area contributed by atoms with Crippen LogP contribution in [-0.4, -0.2) is 27.0 Å². The lowest BCUT2D eigenvalue weighted by Crippen LogP contribution is -2.10. The van der Waals surface area contributed by atoms with E-state index >= 15 is 0 Å². The summed E-state index contributed by atoms with van der Waals surface area (Å²) in [5.74, 6) is -0.223. The van der Waals surface area contributed by atoms with Crippen LogP contribution in [0.2, 0.25) is 0 Å². The number of Topliss-reactive ketones (excluding diaryl/α,β-unsaturated/α-hetero) is 1.